The van der Waals surface area contributed by atoms with Crippen molar-refractivity contribution in [2.45, 2.75) is 30.9 Å². The van der Waals surface area contributed by atoms with Crippen LogP contribution in [0.1, 0.15) is 25.7 Å². The predicted molar refractivity (Wildman–Crippen MR) is 51.5 cm³/mol. The molecule has 0 aromatic rings. The molecule has 1 rings (SSSR count). The van der Waals surface area contributed by atoms with Gasteiger partial charge < -0.3 is 5.11 Å². The standard InChI is InChI=1S/C9H14O2S/c10-9(11)6-3-5-8-4-1-2-7-12-8/h3,5,8H,1-2,4,6-7H2,(H,10,11)/b5-3-. The Morgan fingerprint density at radius 1 is 1.58 bits per heavy atom. The van der Waals surface area contributed by atoms with Crippen LogP contribution in [0.5, 0.6) is 0 Å². The van der Waals surface area contributed by atoms with E-state index in [-0.39, 0.29) is 6.42 Å². The first-order chi connectivity index (χ1) is 5.79. The highest BCUT2D eigenvalue weighted by Gasteiger charge is 2.09. The number of aliphatic carboxylic acids is 1. The van der Waals surface area contributed by atoms with Crippen molar-refractivity contribution in [3.05, 3.63) is 12.2 Å². The average Bonchev–Trinajstić information content (AvgIpc) is 2.05. The fraction of sp³-hybridized carbons (Fsp3) is 0.667. The van der Waals surface area contributed by atoms with Crippen LogP contribution in [0.4, 0.5) is 0 Å². The molecule has 1 heterocycles. The molecule has 1 N–H and O–H groups in total. The van der Waals surface area contributed by atoms with E-state index in [1.807, 2.05) is 17.8 Å². The lowest BCUT2D eigenvalue weighted by Crippen LogP contribution is -2.06. The molecular formula is C9H14O2S. The second-order valence-corrected chi connectivity index (χ2v) is 4.28. The smallest absolute Gasteiger partial charge is 0.307 e. The maximum Gasteiger partial charge on any atom is 0.307 e. The van der Waals surface area contributed by atoms with Crippen molar-refractivity contribution < 1.29 is 9.90 Å². The molecule has 1 unspecified atom stereocenters. The second-order valence-electron chi connectivity index (χ2n) is 2.93. The van der Waals surface area contributed by atoms with Gasteiger partial charge in [-0.05, 0) is 18.6 Å². The number of hydrogen-bond acceptors (Lipinski definition) is 2. The largest absolute Gasteiger partial charge is 0.481 e. The third kappa shape index (κ3) is 3.81. The van der Waals surface area contributed by atoms with Crippen molar-refractivity contribution in [3.63, 3.8) is 0 Å². The molecule has 2 nitrogen and oxygen atoms in total. The van der Waals surface area contributed by atoms with Crippen LogP contribution in [0.3, 0.4) is 0 Å². The van der Waals surface area contributed by atoms with Crippen LogP contribution in [-0.2, 0) is 4.79 Å². The highest BCUT2D eigenvalue weighted by Crippen LogP contribution is 2.25. The average molecular weight is 186 g/mol. The van der Waals surface area contributed by atoms with E-state index >= 15 is 0 Å². The Kier molecular flexibility index (Phi) is 4.22. The Labute approximate surface area is 77.0 Å². The molecule has 3 heteroatoms. The molecular weight excluding hydrogens is 172 g/mol. The van der Waals surface area contributed by atoms with Gasteiger partial charge in [0.2, 0.25) is 0 Å². The third-order valence-electron chi connectivity index (χ3n) is 1.86. The first-order valence-corrected chi connectivity index (χ1v) is 5.34. The number of carboxylic acids is 1. The second kappa shape index (κ2) is 5.25. The lowest BCUT2D eigenvalue weighted by molar-refractivity contribution is -0.136. The molecule has 0 saturated carbocycles. The fourth-order valence-corrected chi connectivity index (χ4v) is 2.47. The number of hydrogen-bond donors (Lipinski definition) is 1. The van der Waals surface area contributed by atoms with Gasteiger partial charge in [0.1, 0.15) is 0 Å². The summed E-state index contributed by atoms with van der Waals surface area (Å²) in [5.74, 6) is 0.481. The Morgan fingerprint density at radius 3 is 3.00 bits per heavy atom. The summed E-state index contributed by atoms with van der Waals surface area (Å²) in [5.41, 5.74) is 0. The minimum Gasteiger partial charge on any atom is -0.481 e. The Balaban J connectivity index is 2.19. The van der Waals surface area contributed by atoms with E-state index in [4.69, 9.17) is 5.11 Å². The summed E-state index contributed by atoms with van der Waals surface area (Å²) in [6.07, 6.45) is 7.78. The third-order valence-corrected chi connectivity index (χ3v) is 3.20. The SMILES string of the molecule is O=C(O)C/C=C\C1CCCCS1. The van der Waals surface area contributed by atoms with Gasteiger partial charge in [0.05, 0.1) is 6.42 Å². The zero-order chi connectivity index (χ0) is 8.81. The number of carboxylic acid groups (broad SMARTS) is 1. The van der Waals surface area contributed by atoms with E-state index in [0.29, 0.717) is 5.25 Å². The molecule has 68 valence electrons. The van der Waals surface area contributed by atoms with Gasteiger partial charge in [-0.2, -0.15) is 11.8 Å². The zero-order valence-corrected chi connectivity index (χ0v) is 7.85. The van der Waals surface area contributed by atoms with Crippen molar-refractivity contribution in [2.24, 2.45) is 0 Å². The summed E-state index contributed by atoms with van der Waals surface area (Å²) in [6, 6.07) is 0. The van der Waals surface area contributed by atoms with Crippen LogP contribution in [0.25, 0.3) is 0 Å². The van der Waals surface area contributed by atoms with Gasteiger partial charge >= 0.3 is 5.97 Å². The predicted octanol–water partition coefficient (Wildman–Crippen LogP) is 2.30. The van der Waals surface area contributed by atoms with Crippen molar-refractivity contribution in [1.82, 2.24) is 0 Å². The Hall–Kier alpha value is -0.440. The summed E-state index contributed by atoms with van der Waals surface area (Å²) in [5, 5.41) is 8.95. The van der Waals surface area contributed by atoms with Crippen LogP contribution >= 0.6 is 11.8 Å². The van der Waals surface area contributed by atoms with Crippen molar-refractivity contribution in [2.75, 3.05) is 5.75 Å². The monoisotopic (exact) mass is 186 g/mol. The van der Waals surface area contributed by atoms with Gasteiger partial charge in [0.25, 0.3) is 0 Å². The van der Waals surface area contributed by atoms with Gasteiger partial charge in [-0.1, -0.05) is 18.6 Å². The van der Waals surface area contributed by atoms with Gasteiger partial charge in [-0.3, -0.25) is 4.79 Å². The first kappa shape index (κ1) is 9.65. The molecule has 12 heavy (non-hydrogen) atoms. The van der Waals surface area contributed by atoms with Crippen LogP contribution in [0.2, 0.25) is 0 Å². The molecule has 0 bridgehead atoms. The molecule has 0 amide bonds. The minimum absolute atomic E-state index is 0.164. The molecule has 1 saturated heterocycles. The number of carbonyl (C=O) groups is 1. The van der Waals surface area contributed by atoms with E-state index < -0.39 is 5.97 Å². The van der Waals surface area contributed by atoms with Crippen molar-refractivity contribution >= 4 is 17.7 Å². The molecule has 1 atom stereocenters. The zero-order valence-electron chi connectivity index (χ0n) is 7.03. The quantitative estimate of drug-likeness (QED) is 0.687. The highest BCUT2D eigenvalue weighted by atomic mass is 32.2. The fourth-order valence-electron chi connectivity index (χ4n) is 1.24. The van der Waals surface area contributed by atoms with Crippen molar-refractivity contribution in [3.8, 4) is 0 Å². The normalized spacial score (nSPS) is 24.5. The van der Waals surface area contributed by atoms with Crippen LogP contribution in [0, 0.1) is 0 Å². The number of thioether (sulfide) groups is 1. The molecule has 1 aliphatic heterocycles. The summed E-state index contributed by atoms with van der Waals surface area (Å²) in [7, 11) is 0. The van der Waals surface area contributed by atoms with E-state index in [1.165, 1.54) is 25.0 Å². The molecule has 0 aromatic carbocycles. The molecule has 0 aliphatic carbocycles. The molecule has 0 aromatic heterocycles. The van der Waals surface area contributed by atoms with Crippen LogP contribution < -0.4 is 0 Å². The number of rotatable bonds is 3. The van der Waals surface area contributed by atoms with Gasteiger partial charge in [0, 0.05) is 5.25 Å². The maximum absolute atomic E-state index is 10.2. The summed E-state index contributed by atoms with van der Waals surface area (Å²) in [6.45, 7) is 0. The lowest BCUT2D eigenvalue weighted by atomic mass is 10.2. The Morgan fingerprint density at radius 2 is 2.42 bits per heavy atom. The molecule has 1 fully saturated rings. The minimum atomic E-state index is -0.743. The van der Waals surface area contributed by atoms with Gasteiger partial charge in [-0.15, -0.1) is 0 Å². The highest BCUT2D eigenvalue weighted by molar-refractivity contribution is 8.00. The summed E-state index contributed by atoms with van der Waals surface area (Å²) < 4.78 is 0. The Bertz CT molecular complexity index is 171. The van der Waals surface area contributed by atoms with Crippen molar-refractivity contribution in [1.29, 1.82) is 0 Å². The van der Waals surface area contributed by atoms with Gasteiger partial charge in [-0.25, -0.2) is 0 Å². The lowest BCUT2D eigenvalue weighted by Gasteiger charge is -2.17. The summed E-state index contributed by atoms with van der Waals surface area (Å²) in [4.78, 5) is 10.2. The molecule has 1 aliphatic rings. The summed E-state index contributed by atoms with van der Waals surface area (Å²) >= 11 is 1.94. The van der Waals surface area contributed by atoms with E-state index in [2.05, 4.69) is 0 Å². The van der Waals surface area contributed by atoms with Crippen LogP contribution in [-0.4, -0.2) is 22.1 Å². The molecule has 0 spiro atoms. The van der Waals surface area contributed by atoms with Gasteiger partial charge in [0.15, 0.2) is 0 Å². The maximum atomic E-state index is 10.2. The van der Waals surface area contributed by atoms with E-state index in [0.717, 1.165) is 0 Å². The van der Waals surface area contributed by atoms with Crippen LogP contribution in [0.15, 0.2) is 12.2 Å². The van der Waals surface area contributed by atoms with E-state index in [1.54, 1.807) is 6.08 Å². The molecule has 0 radical (unpaired) electrons. The van der Waals surface area contributed by atoms with E-state index in [9.17, 15) is 4.79 Å². The first-order valence-electron chi connectivity index (χ1n) is 4.29. The topological polar surface area (TPSA) is 37.3 Å².